The van der Waals surface area contributed by atoms with Crippen molar-refractivity contribution in [3.05, 3.63) is 29.8 Å². The summed E-state index contributed by atoms with van der Waals surface area (Å²) in [5.74, 6) is 3.09. The molecule has 1 aromatic rings. The number of ether oxygens (including phenoxy) is 5. The molecule has 2 saturated carbocycles. The van der Waals surface area contributed by atoms with Crippen LogP contribution in [0.1, 0.15) is 52.5 Å². The van der Waals surface area contributed by atoms with Gasteiger partial charge in [0.25, 0.3) is 0 Å². The summed E-state index contributed by atoms with van der Waals surface area (Å²) in [6.07, 6.45) is 3.13. The Kier molecular flexibility index (Phi) is 7.23. The van der Waals surface area contributed by atoms with E-state index >= 15 is 0 Å². The first-order valence-electron chi connectivity index (χ1n) is 13.6. The van der Waals surface area contributed by atoms with E-state index in [2.05, 4.69) is 39.8 Å². The van der Waals surface area contributed by atoms with E-state index in [1.165, 1.54) is 0 Å². The molecule has 35 heavy (non-hydrogen) atoms. The molecular formula is C29H44O6. The van der Waals surface area contributed by atoms with Gasteiger partial charge in [-0.15, -0.1) is 0 Å². The van der Waals surface area contributed by atoms with Gasteiger partial charge in [0.05, 0.1) is 38.6 Å². The monoisotopic (exact) mass is 488 g/mol. The van der Waals surface area contributed by atoms with Crippen molar-refractivity contribution in [3.63, 3.8) is 0 Å². The van der Waals surface area contributed by atoms with Crippen molar-refractivity contribution in [1.29, 1.82) is 0 Å². The molecule has 2 aliphatic carbocycles. The lowest BCUT2D eigenvalue weighted by Gasteiger charge is -2.53. The second kappa shape index (κ2) is 9.94. The molecule has 4 aliphatic rings. The van der Waals surface area contributed by atoms with Crippen LogP contribution in [0.5, 0.6) is 5.75 Å². The summed E-state index contributed by atoms with van der Waals surface area (Å²) in [7, 11) is 1.68. The molecule has 6 heteroatoms. The van der Waals surface area contributed by atoms with Crippen LogP contribution in [0.2, 0.25) is 0 Å². The van der Waals surface area contributed by atoms with Crippen LogP contribution in [-0.2, 0) is 25.6 Å². The molecule has 196 valence electrons. The number of aliphatic hydroxyl groups is 1. The number of epoxide rings is 1. The average Bonchev–Trinajstić information content (AvgIpc) is 3.33. The van der Waals surface area contributed by atoms with Gasteiger partial charge in [0.1, 0.15) is 5.75 Å². The van der Waals surface area contributed by atoms with Crippen molar-refractivity contribution in [3.8, 4) is 5.75 Å². The zero-order valence-electron chi connectivity index (χ0n) is 22.1. The molecule has 0 amide bonds. The molecule has 4 fully saturated rings. The van der Waals surface area contributed by atoms with Gasteiger partial charge in [-0.05, 0) is 72.5 Å². The lowest BCUT2D eigenvalue weighted by Crippen LogP contribution is -2.55. The number of aliphatic hydroxyl groups excluding tert-OH is 1. The van der Waals surface area contributed by atoms with Crippen molar-refractivity contribution >= 4 is 0 Å². The van der Waals surface area contributed by atoms with E-state index in [1.54, 1.807) is 7.11 Å². The number of benzene rings is 1. The van der Waals surface area contributed by atoms with Crippen molar-refractivity contribution < 1.29 is 28.8 Å². The Hall–Kier alpha value is -1.18. The van der Waals surface area contributed by atoms with Gasteiger partial charge in [0.2, 0.25) is 0 Å². The fourth-order valence-corrected chi connectivity index (χ4v) is 7.63. The fraction of sp³-hybridized carbons (Fsp3) is 0.793. The largest absolute Gasteiger partial charge is 0.497 e. The van der Waals surface area contributed by atoms with E-state index in [4.69, 9.17) is 23.7 Å². The third kappa shape index (κ3) is 4.89. The van der Waals surface area contributed by atoms with E-state index in [0.717, 1.165) is 30.6 Å². The van der Waals surface area contributed by atoms with Crippen LogP contribution >= 0.6 is 0 Å². The standard InChI is InChI=1S/C29H44O6/c1-18(2)25(15-30)23-12-28(4)27(35-28)26-22(13-29(14-24(23)26)33-10-11-34-29)19(3)16-32-17-20-6-8-21(31-5)9-7-20/h6-9,18-19,22-27,30H,10-17H2,1-5H3/t19-,22+,23-,24-,25-,26-,27+,28-/m1/s1. The minimum atomic E-state index is -0.492. The average molecular weight is 489 g/mol. The summed E-state index contributed by atoms with van der Waals surface area (Å²) in [5, 5.41) is 10.4. The van der Waals surface area contributed by atoms with Crippen molar-refractivity contribution in [2.24, 2.45) is 41.4 Å². The van der Waals surface area contributed by atoms with Gasteiger partial charge in [-0.1, -0.05) is 32.9 Å². The Morgan fingerprint density at radius 3 is 2.37 bits per heavy atom. The van der Waals surface area contributed by atoms with Crippen molar-refractivity contribution in [2.45, 2.75) is 71.1 Å². The van der Waals surface area contributed by atoms with Crippen LogP contribution in [0, 0.1) is 41.4 Å². The molecule has 1 aromatic carbocycles. The molecule has 0 bridgehead atoms. The van der Waals surface area contributed by atoms with Gasteiger partial charge in [-0.3, -0.25) is 0 Å². The summed E-state index contributed by atoms with van der Waals surface area (Å²) in [6, 6.07) is 8.08. The third-order valence-corrected chi connectivity index (χ3v) is 9.53. The molecule has 5 rings (SSSR count). The van der Waals surface area contributed by atoms with Crippen LogP contribution in [0.25, 0.3) is 0 Å². The number of fused-ring (bicyclic) bond motifs is 3. The second-order valence-electron chi connectivity index (χ2n) is 12.1. The van der Waals surface area contributed by atoms with Crippen molar-refractivity contribution in [2.75, 3.05) is 33.5 Å². The Morgan fingerprint density at radius 1 is 1.03 bits per heavy atom. The van der Waals surface area contributed by atoms with E-state index in [0.29, 0.717) is 68.0 Å². The molecule has 2 heterocycles. The fourth-order valence-electron chi connectivity index (χ4n) is 7.63. The zero-order valence-corrected chi connectivity index (χ0v) is 22.1. The van der Waals surface area contributed by atoms with Crippen LogP contribution in [0.4, 0.5) is 0 Å². The third-order valence-electron chi connectivity index (χ3n) is 9.53. The predicted molar refractivity (Wildman–Crippen MR) is 133 cm³/mol. The number of rotatable bonds is 9. The molecule has 0 unspecified atom stereocenters. The molecule has 1 spiro atoms. The van der Waals surface area contributed by atoms with Gasteiger partial charge in [-0.25, -0.2) is 0 Å². The van der Waals surface area contributed by atoms with E-state index in [1.807, 2.05) is 12.1 Å². The van der Waals surface area contributed by atoms with Crippen LogP contribution in [0.15, 0.2) is 24.3 Å². The van der Waals surface area contributed by atoms with Crippen LogP contribution in [-0.4, -0.2) is 56.1 Å². The molecule has 8 atom stereocenters. The molecule has 6 nitrogen and oxygen atoms in total. The quantitative estimate of drug-likeness (QED) is 0.509. The van der Waals surface area contributed by atoms with Gasteiger partial charge in [0, 0.05) is 26.1 Å². The van der Waals surface area contributed by atoms with Gasteiger partial charge >= 0.3 is 0 Å². The Labute approximate surface area is 210 Å². The first-order chi connectivity index (χ1) is 16.8. The SMILES string of the molecule is COc1ccc(COC[C@@H](C)[C@@H]2CC3(C[C@@H]4[C@H]([C@H](CO)C(C)C)C[C@@]5(C)O[C@H]5[C@@H]42)OCCO3)cc1. The molecule has 2 saturated heterocycles. The minimum Gasteiger partial charge on any atom is -0.497 e. The lowest BCUT2D eigenvalue weighted by atomic mass is 9.53. The highest BCUT2D eigenvalue weighted by atomic mass is 16.7. The molecule has 0 aromatic heterocycles. The number of methoxy groups -OCH3 is 1. The lowest BCUT2D eigenvalue weighted by molar-refractivity contribution is -0.228. The smallest absolute Gasteiger partial charge is 0.169 e. The summed E-state index contributed by atoms with van der Waals surface area (Å²) in [5.41, 5.74) is 1.09. The Bertz CT molecular complexity index is 849. The maximum atomic E-state index is 10.4. The normalized spacial score (nSPS) is 37.1. The number of hydrogen-bond acceptors (Lipinski definition) is 6. The van der Waals surface area contributed by atoms with Crippen LogP contribution in [0.3, 0.4) is 0 Å². The maximum absolute atomic E-state index is 10.4. The zero-order chi connectivity index (χ0) is 24.8. The highest BCUT2D eigenvalue weighted by Gasteiger charge is 2.69. The summed E-state index contributed by atoms with van der Waals surface area (Å²) >= 11 is 0. The second-order valence-corrected chi connectivity index (χ2v) is 12.1. The van der Waals surface area contributed by atoms with E-state index in [9.17, 15) is 5.11 Å². The highest BCUT2D eigenvalue weighted by Crippen LogP contribution is 2.64. The molecular weight excluding hydrogens is 444 g/mol. The maximum Gasteiger partial charge on any atom is 0.169 e. The highest BCUT2D eigenvalue weighted by molar-refractivity contribution is 5.26. The van der Waals surface area contributed by atoms with Crippen LogP contribution < -0.4 is 4.74 Å². The minimum absolute atomic E-state index is 0.0576. The summed E-state index contributed by atoms with van der Waals surface area (Å²) < 4.78 is 30.6. The molecule has 1 N–H and O–H groups in total. The molecule has 2 aliphatic heterocycles. The summed E-state index contributed by atoms with van der Waals surface area (Å²) in [6.45, 7) is 11.9. The van der Waals surface area contributed by atoms with Gasteiger partial charge < -0.3 is 28.8 Å². The number of hydrogen-bond donors (Lipinski definition) is 1. The van der Waals surface area contributed by atoms with Gasteiger partial charge in [-0.2, -0.15) is 0 Å². The van der Waals surface area contributed by atoms with Gasteiger partial charge in [0.15, 0.2) is 5.79 Å². The first-order valence-corrected chi connectivity index (χ1v) is 13.6. The predicted octanol–water partition coefficient (Wildman–Crippen LogP) is 4.68. The van der Waals surface area contributed by atoms with Crippen molar-refractivity contribution in [1.82, 2.24) is 0 Å². The van der Waals surface area contributed by atoms with E-state index < -0.39 is 5.79 Å². The van der Waals surface area contributed by atoms with E-state index in [-0.39, 0.29) is 18.1 Å². The Balaban J connectivity index is 1.34. The Morgan fingerprint density at radius 2 is 1.74 bits per heavy atom. The molecule has 0 radical (unpaired) electrons. The first kappa shape index (κ1) is 25.5. The summed E-state index contributed by atoms with van der Waals surface area (Å²) in [4.78, 5) is 0. The topological polar surface area (TPSA) is 69.7 Å².